The zero-order valence-corrected chi connectivity index (χ0v) is 12.8. The molecule has 2 rings (SSSR count). The molecule has 1 aliphatic rings. The number of hydrogen-bond acceptors (Lipinski definition) is 3. The van der Waals surface area contributed by atoms with Crippen molar-refractivity contribution in [3.63, 3.8) is 0 Å². The first-order valence-electron chi connectivity index (χ1n) is 6.92. The minimum absolute atomic E-state index is 0.135. The molecular weight excluding hydrogens is 258 g/mol. The molecule has 0 amide bonds. The van der Waals surface area contributed by atoms with E-state index in [9.17, 15) is 4.21 Å². The third-order valence-corrected chi connectivity index (χ3v) is 5.06. The zero-order valence-electron chi connectivity index (χ0n) is 12.0. The molecule has 0 aromatic heterocycles. The number of rotatable bonds is 4. The molecule has 1 aromatic rings. The van der Waals surface area contributed by atoms with E-state index in [1.807, 2.05) is 26.2 Å². The van der Waals surface area contributed by atoms with Crippen molar-refractivity contribution in [2.75, 3.05) is 24.7 Å². The lowest BCUT2D eigenvalue weighted by atomic mass is 10.2. The van der Waals surface area contributed by atoms with Gasteiger partial charge in [-0.1, -0.05) is 19.8 Å². The maximum absolute atomic E-state index is 12.4. The highest BCUT2D eigenvalue weighted by molar-refractivity contribution is 7.85. The molecule has 1 heterocycles. The molecule has 4 heteroatoms. The van der Waals surface area contributed by atoms with E-state index in [4.69, 9.17) is 4.74 Å². The van der Waals surface area contributed by atoms with Crippen LogP contribution in [0.5, 0.6) is 0 Å². The summed E-state index contributed by atoms with van der Waals surface area (Å²) >= 11 is 0. The first-order valence-corrected chi connectivity index (χ1v) is 8.24. The molecule has 1 aliphatic heterocycles. The van der Waals surface area contributed by atoms with Crippen LogP contribution in [-0.2, 0) is 22.1 Å². The van der Waals surface area contributed by atoms with Gasteiger partial charge in [-0.25, -0.2) is 0 Å². The minimum atomic E-state index is -0.931. The van der Waals surface area contributed by atoms with Crippen LogP contribution in [0, 0.1) is 0 Å². The molecule has 0 radical (unpaired) electrons. The van der Waals surface area contributed by atoms with Crippen LogP contribution >= 0.6 is 0 Å². The number of benzene rings is 1. The van der Waals surface area contributed by atoms with Crippen molar-refractivity contribution in [2.24, 2.45) is 0 Å². The minimum Gasteiger partial charge on any atom is -0.378 e. The Labute approximate surface area is 118 Å². The third kappa shape index (κ3) is 3.57. The molecule has 2 unspecified atom stereocenters. The Balaban J connectivity index is 2.18. The highest BCUT2D eigenvalue weighted by Crippen LogP contribution is 2.26. The average Bonchev–Trinajstić information content (AvgIpc) is 2.55. The van der Waals surface area contributed by atoms with Crippen LogP contribution in [-0.4, -0.2) is 30.2 Å². The highest BCUT2D eigenvalue weighted by atomic mass is 32.2. The Morgan fingerprint density at radius 2 is 2.21 bits per heavy atom. The topological polar surface area (TPSA) is 29.5 Å². The van der Waals surface area contributed by atoms with Gasteiger partial charge in [0.05, 0.1) is 29.3 Å². The highest BCUT2D eigenvalue weighted by Gasteiger charge is 2.22. The van der Waals surface area contributed by atoms with Crippen LogP contribution < -0.4 is 4.90 Å². The SMILES string of the molecule is CCCCC1CS(=O)c2ccc(N(C)C)cc2CO1. The summed E-state index contributed by atoms with van der Waals surface area (Å²) in [6, 6.07) is 6.12. The molecule has 0 saturated heterocycles. The van der Waals surface area contributed by atoms with Crippen molar-refractivity contribution >= 4 is 16.5 Å². The van der Waals surface area contributed by atoms with E-state index >= 15 is 0 Å². The number of anilines is 1. The average molecular weight is 281 g/mol. The van der Waals surface area contributed by atoms with Crippen molar-refractivity contribution in [1.29, 1.82) is 0 Å². The second-order valence-corrected chi connectivity index (χ2v) is 6.74. The van der Waals surface area contributed by atoms with Gasteiger partial charge in [-0.15, -0.1) is 0 Å². The van der Waals surface area contributed by atoms with Gasteiger partial charge in [0.15, 0.2) is 0 Å². The molecule has 0 saturated carbocycles. The lowest BCUT2D eigenvalue weighted by molar-refractivity contribution is 0.0499. The fourth-order valence-corrected chi connectivity index (χ4v) is 3.70. The molecular formula is C15H23NO2S. The Morgan fingerprint density at radius 1 is 1.42 bits per heavy atom. The lowest BCUT2D eigenvalue weighted by Crippen LogP contribution is -2.18. The predicted octanol–water partition coefficient (Wildman–Crippen LogP) is 2.95. The summed E-state index contributed by atoms with van der Waals surface area (Å²) in [5, 5.41) is 0. The molecule has 1 aromatic carbocycles. The van der Waals surface area contributed by atoms with Crippen LogP contribution in [0.1, 0.15) is 31.7 Å². The van der Waals surface area contributed by atoms with E-state index < -0.39 is 10.8 Å². The van der Waals surface area contributed by atoms with E-state index in [0.717, 1.165) is 35.4 Å². The van der Waals surface area contributed by atoms with Crippen LogP contribution in [0.25, 0.3) is 0 Å². The standard InChI is InChI=1S/C15H23NO2S/c1-4-5-6-14-11-19(17)15-8-7-13(16(2)3)9-12(15)10-18-14/h7-9,14H,4-6,10-11H2,1-3H3. The van der Waals surface area contributed by atoms with Gasteiger partial charge < -0.3 is 9.64 Å². The van der Waals surface area contributed by atoms with Gasteiger partial charge >= 0.3 is 0 Å². The molecule has 0 fully saturated rings. The predicted molar refractivity (Wildman–Crippen MR) is 80.1 cm³/mol. The number of hydrogen-bond donors (Lipinski definition) is 0. The molecule has 0 N–H and O–H groups in total. The van der Waals surface area contributed by atoms with Crippen LogP contribution in [0.4, 0.5) is 5.69 Å². The summed E-state index contributed by atoms with van der Waals surface area (Å²) in [4.78, 5) is 3.01. The van der Waals surface area contributed by atoms with Gasteiger partial charge in [0, 0.05) is 24.7 Å². The normalized spacial score (nSPS) is 22.7. The summed E-state index contributed by atoms with van der Waals surface area (Å²) in [6.07, 6.45) is 3.44. The van der Waals surface area contributed by atoms with Gasteiger partial charge in [-0.3, -0.25) is 4.21 Å². The summed E-state index contributed by atoms with van der Waals surface area (Å²) in [5.41, 5.74) is 2.20. The van der Waals surface area contributed by atoms with Crippen LogP contribution in [0.2, 0.25) is 0 Å². The fourth-order valence-electron chi connectivity index (χ4n) is 2.29. The zero-order chi connectivity index (χ0) is 13.8. The fraction of sp³-hybridized carbons (Fsp3) is 0.600. The van der Waals surface area contributed by atoms with Gasteiger partial charge in [-0.2, -0.15) is 0 Å². The van der Waals surface area contributed by atoms with Crippen molar-refractivity contribution in [3.8, 4) is 0 Å². The number of fused-ring (bicyclic) bond motifs is 1. The quantitative estimate of drug-likeness (QED) is 0.850. The molecule has 106 valence electrons. The number of nitrogens with zero attached hydrogens (tertiary/aromatic N) is 1. The first-order chi connectivity index (χ1) is 9.11. The number of ether oxygens (including phenoxy) is 1. The van der Waals surface area contributed by atoms with E-state index in [2.05, 4.69) is 17.9 Å². The lowest BCUT2D eigenvalue weighted by Gasteiger charge is -2.15. The van der Waals surface area contributed by atoms with Gasteiger partial charge in [-0.05, 0) is 30.2 Å². The molecule has 3 nitrogen and oxygen atoms in total. The second kappa shape index (κ2) is 6.53. The van der Waals surface area contributed by atoms with Crippen molar-refractivity contribution in [1.82, 2.24) is 0 Å². The van der Waals surface area contributed by atoms with E-state index in [1.54, 1.807) is 0 Å². The molecule has 0 bridgehead atoms. The first kappa shape index (κ1) is 14.5. The van der Waals surface area contributed by atoms with Crippen LogP contribution in [0.15, 0.2) is 23.1 Å². The van der Waals surface area contributed by atoms with Gasteiger partial charge in [0.25, 0.3) is 0 Å². The molecule has 2 atom stereocenters. The summed E-state index contributed by atoms with van der Waals surface area (Å²) < 4.78 is 18.3. The molecule has 19 heavy (non-hydrogen) atoms. The van der Waals surface area contributed by atoms with Crippen molar-refractivity contribution in [2.45, 2.75) is 43.8 Å². The van der Waals surface area contributed by atoms with Gasteiger partial charge in [0.1, 0.15) is 0 Å². The maximum Gasteiger partial charge on any atom is 0.0733 e. The largest absolute Gasteiger partial charge is 0.378 e. The maximum atomic E-state index is 12.4. The smallest absolute Gasteiger partial charge is 0.0733 e. The third-order valence-electron chi connectivity index (χ3n) is 3.50. The van der Waals surface area contributed by atoms with Gasteiger partial charge in [0.2, 0.25) is 0 Å². The number of unbranched alkanes of at least 4 members (excludes halogenated alkanes) is 1. The second-order valence-electron chi connectivity index (χ2n) is 5.27. The Kier molecular flexibility index (Phi) is 4.99. The van der Waals surface area contributed by atoms with Crippen molar-refractivity contribution < 1.29 is 8.95 Å². The Morgan fingerprint density at radius 3 is 2.89 bits per heavy atom. The van der Waals surface area contributed by atoms with E-state index in [0.29, 0.717) is 12.4 Å². The summed E-state index contributed by atoms with van der Waals surface area (Å²) in [7, 11) is 3.10. The monoisotopic (exact) mass is 281 g/mol. The molecule has 0 spiro atoms. The van der Waals surface area contributed by atoms with E-state index in [1.165, 1.54) is 0 Å². The van der Waals surface area contributed by atoms with E-state index in [-0.39, 0.29) is 6.10 Å². The van der Waals surface area contributed by atoms with Crippen molar-refractivity contribution in [3.05, 3.63) is 23.8 Å². The van der Waals surface area contributed by atoms with Crippen LogP contribution in [0.3, 0.4) is 0 Å². The summed E-state index contributed by atoms with van der Waals surface area (Å²) in [6.45, 7) is 2.75. The Hall–Kier alpha value is -0.870. The summed E-state index contributed by atoms with van der Waals surface area (Å²) in [5.74, 6) is 0.633. The Bertz CT molecular complexity index is 459. The molecule has 0 aliphatic carbocycles.